The monoisotopic (exact) mass is 284 g/mol. The van der Waals surface area contributed by atoms with E-state index >= 15 is 0 Å². The molecule has 6 heteroatoms. The van der Waals surface area contributed by atoms with Crippen LogP contribution in [0.3, 0.4) is 0 Å². The molecule has 1 atom stereocenters. The normalized spacial score (nSPS) is 19.3. The summed E-state index contributed by atoms with van der Waals surface area (Å²) in [4.78, 5) is 0. The standard InChI is InChI=1S/C12H16N2O2S2/c13-9-11(10-5-2-1-3-6-10)14-18(15,16)12-7-4-8-17-12/h4,7-8,10-11,14H,1-3,5-6H2. The van der Waals surface area contributed by atoms with Gasteiger partial charge in [0.05, 0.1) is 6.07 Å². The van der Waals surface area contributed by atoms with E-state index in [-0.39, 0.29) is 10.1 Å². The number of sulfonamides is 1. The van der Waals surface area contributed by atoms with Crippen LogP contribution in [-0.2, 0) is 10.0 Å². The van der Waals surface area contributed by atoms with Gasteiger partial charge in [-0.1, -0.05) is 25.3 Å². The van der Waals surface area contributed by atoms with E-state index in [0.29, 0.717) is 0 Å². The topological polar surface area (TPSA) is 70.0 Å². The van der Waals surface area contributed by atoms with E-state index in [4.69, 9.17) is 5.26 Å². The summed E-state index contributed by atoms with van der Waals surface area (Å²) in [5, 5.41) is 10.9. The van der Waals surface area contributed by atoms with Crippen LogP contribution in [0.1, 0.15) is 32.1 Å². The number of thiophene rings is 1. The highest BCUT2D eigenvalue weighted by Gasteiger charge is 2.28. The van der Waals surface area contributed by atoms with Gasteiger partial charge in [0, 0.05) is 0 Å². The second-order valence-electron chi connectivity index (χ2n) is 4.56. The molecule has 1 aliphatic rings. The zero-order valence-electron chi connectivity index (χ0n) is 10.0. The van der Waals surface area contributed by atoms with Crippen LogP contribution in [0.2, 0.25) is 0 Å². The Morgan fingerprint density at radius 3 is 2.67 bits per heavy atom. The summed E-state index contributed by atoms with van der Waals surface area (Å²) in [5.41, 5.74) is 0. The third-order valence-corrected chi connectivity index (χ3v) is 6.14. The summed E-state index contributed by atoms with van der Waals surface area (Å²) in [6, 6.07) is 4.76. The first-order valence-corrected chi connectivity index (χ1v) is 8.45. The Hall–Kier alpha value is -0.900. The summed E-state index contributed by atoms with van der Waals surface area (Å²) in [6.45, 7) is 0. The lowest BCUT2D eigenvalue weighted by Crippen LogP contribution is -2.39. The fourth-order valence-electron chi connectivity index (χ4n) is 2.34. The molecular weight excluding hydrogens is 268 g/mol. The molecule has 0 spiro atoms. The first-order valence-electron chi connectivity index (χ1n) is 6.09. The smallest absolute Gasteiger partial charge is 0.206 e. The van der Waals surface area contributed by atoms with Gasteiger partial charge < -0.3 is 0 Å². The lowest BCUT2D eigenvalue weighted by Gasteiger charge is -2.25. The molecule has 1 N–H and O–H groups in total. The minimum atomic E-state index is -3.53. The predicted octanol–water partition coefficient (Wildman–Crippen LogP) is 2.50. The Labute approximate surface area is 112 Å². The zero-order valence-corrected chi connectivity index (χ0v) is 11.6. The SMILES string of the molecule is N#CC(NS(=O)(=O)c1cccs1)C1CCCCC1. The van der Waals surface area contributed by atoms with Gasteiger partial charge in [-0.3, -0.25) is 0 Å². The van der Waals surface area contributed by atoms with Crippen LogP contribution in [0.4, 0.5) is 0 Å². The first-order chi connectivity index (χ1) is 8.63. The number of nitrogens with zero attached hydrogens (tertiary/aromatic N) is 1. The van der Waals surface area contributed by atoms with Gasteiger partial charge in [-0.2, -0.15) is 9.98 Å². The van der Waals surface area contributed by atoms with Crippen LogP contribution in [0.25, 0.3) is 0 Å². The van der Waals surface area contributed by atoms with Gasteiger partial charge in [0.1, 0.15) is 10.3 Å². The van der Waals surface area contributed by atoms with Crippen molar-refractivity contribution in [3.05, 3.63) is 17.5 Å². The van der Waals surface area contributed by atoms with E-state index in [2.05, 4.69) is 10.8 Å². The first kappa shape index (κ1) is 13.5. The Morgan fingerprint density at radius 1 is 1.39 bits per heavy atom. The van der Waals surface area contributed by atoms with Crippen molar-refractivity contribution in [3.8, 4) is 6.07 Å². The Morgan fingerprint density at radius 2 is 2.11 bits per heavy atom. The molecule has 1 unspecified atom stereocenters. The molecule has 1 aromatic rings. The maximum absolute atomic E-state index is 12.1. The fraction of sp³-hybridized carbons (Fsp3) is 0.583. The highest BCUT2D eigenvalue weighted by Crippen LogP contribution is 2.27. The minimum Gasteiger partial charge on any atom is -0.206 e. The maximum atomic E-state index is 12.1. The van der Waals surface area contributed by atoms with E-state index in [1.165, 1.54) is 17.8 Å². The lowest BCUT2D eigenvalue weighted by atomic mass is 9.85. The van der Waals surface area contributed by atoms with E-state index in [1.54, 1.807) is 17.5 Å². The van der Waals surface area contributed by atoms with Crippen molar-refractivity contribution in [2.24, 2.45) is 5.92 Å². The summed E-state index contributed by atoms with van der Waals surface area (Å²) >= 11 is 1.17. The van der Waals surface area contributed by atoms with E-state index in [1.807, 2.05) is 0 Å². The van der Waals surface area contributed by atoms with Crippen molar-refractivity contribution >= 4 is 21.4 Å². The number of hydrogen-bond acceptors (Lipinski definition) is 4. The molecule has 0 saturated heterocycles. The molecule has 0 bridgehead atoms. The van der Waals surface area contributed by atoms with Crippen LogP contribution in [0.15, 0.2) is 21.7 Å². The molecule has 4 nitrogen and oxygen atoms in total. The van der Waals surface area contributed by atoms with E-state index in [0.717, 1.165) is 25.7 Å². The van der Waals surface area contributed by atoms with Crippen LogP contribution >= 0.6 is 11.3 Å². The molecule has 1 aromatic heterocycles. The largest absolute Gasteiger partial charge is 0.251 e. The van der Waals surface area contributed by atoms with Gasteiger partial charge in [0.2, 0.25) is 0 Å². The Bertz CT molecular complexity index is 511. The second kappa shape index (κ2) is 5.83. The molecule has 1 heterocycles. The van der Waals surface area contributed by atoms with E-state index < -0.39 is 16.1 Å². The summed E-state index contributed by atoms with van der Waals surface area (Å²) in [5.74, 6) is 0.151. The number of nitrogens with one attached hydrogen (secondary N) is 1. The number of rotatable bonds is 4. The number of hydrogen-bond donors (Lipinski definition) is 1. The van der Waals surface area contributed by atoms with Crippen LogP contribution < -0.4 is 4.72 Å². The molecule has 1 aliphatic carbocycles. The van der Waals surface area contributed by atoms with Gasteiger partial charge in [0.25, 0.3) is 10.0 Å². The molecular formula is C12H16N2O2S2. The van der Waals surface area contributed by atoms with Crippen LogP contribution in [-0.4, -0.2) is 14.5 Å². The Kier molecular flexibility index (Phi) is 4.38. The quantitative estimate of drug-likeness (QED) is 0.923. The molecule has 0 aromatic carbocycles. The average Bonchev–Trinajstić information content (AvgIpc) is 2.92. The molecule has 0 radical (unpaired) electrons. The zero-order chi connectivity index (χ0) is 13.0. The summed E-state index contributed by atoms with van der Waals surface area (Å²) in [7, 11) is -3.53. The van der Waals surface area contributed by atoms with Crippen molar-refractivity contribution in [1.29, 1.82) is 5.26 Å². The Balaban J connectivity index is 2.09. The molecule has 0 amide bonds. The van der Waals surface area contributed by atoms with Crippen molar-refractivity contribution in [3.63, 3.8) is 0 Å². The molecule has 1 saturated carbocycles. The summed E-state index contributed by atoms with van der Waals surface area (Å²) < 4.78 is 26.9. The second-order valence-corrected chi connectivity index (χ2v) is 7.45. The highest BCUT2D eigenvalue weighted by atomic mass is 32.2. The fourth-order valence-corrected chi connectivity index (χ4v) is 4.56. The van der Waals surface area contributed by atoms with Crippen molar-refractivity contribution < 1.29 is 8.42 Å². The van der Waals surface area contributed by atoms with Gasteiger partial charge in [-0.15, -0.1) is 11.3 Å². The maximum Gasteiger partial charge on any atom is 0.251 e. The molecule has 0 aliphatic heterocycles. The van der Waals surface area contributed by atoms with Crippen LogP contribution in [0, 0.1) is 17.2 Å². The number of nitriles is 1. The van der Waals surface area contributed by atoms with Gasteiger partial charge >= 0.3 is 0 Å². The predicted molar refractivity (Wildman–Crippen MR) is 70.6 cm³/mol. The molecule has 18 heavy (non-hydrogen) atoms. The van der Waals surface area contributed by atoms with Gasteiger partial charge in [0.15, 0.2) is 0 Å². The van der Waals surface area contributed by atoms with Crippen molar-refractivity contribution in [2.45, 2.75) is 42.4 Å². The average molecular weight is 284 g/mol. The lowest BCUT2D eigenvalue weighted by molar-refractivity contribution is 0.324. The molecule has 98 valence electrons. The van der Waals surface area contributed by atoms with Gasteiger partial charge in [-0.05, 0) is 30.2 Å². The van der Waals surface area contributed by atoms with Crippen LogP contribution in [0.5, 0.6) is 0 Å². The highest BCUT2D eigenvalue weighted by molar-refractivity contribution is 7.91. The van der Waals surface area contributed by atoms with E-state index in [9.17, 15) is 8.42 Å². The summed E-state index contributed by atoms with van der Waals surface area (Å²) in [6.07, 6.45) is 5.23. The third-order valence-electron chi connectivity index (χ3n) is 3.30. The van der Waals surface area contributed by atoms with Gasteiger partial charge in [-0.25, -0.2) is 8.42 Å². The third kappa shape index (κ3) is 3.10. The van der Waals surface area contributed by atoms with Crippen molar-refractivity contribution in [2.75, 3.05) is 0 Å². The molecule has 2 rings (SSSR count). The molecule has 1 fully saturated rings. The van der Waals surface area contributed by atoms with Crippen molar-refractivity contribution in [1.82, 2.24) is 4.72 Å². The minimum absolute atomic E-state index is 0.151.